The summed E-state index contributed by atoms with van der Waals surface area (Å²) in [6.07, 6.45) is 1.23. The summed E-state index contributed by atoms with van der Waals surface area (Å²) in [4.78, 5) is 22.7. The normalized spacial score (nSPS) is 10.8. The van der Waals surface area contributed by atoms with Crippen LogP contribution in [0.3, 0.4) is 0 Å². The van der Waals surface area contributed by atoms with E-state index in [0.717, 1.165) is 17.7 Å². The van der Waals surface area contributed by atoms with Gasteiger partial charge in [-0.25, -0.2) is 18.4 Å². The Morgan fingerprint density at radius 3 is 2.22 bits per heavy atom. The zero-order chi connectivity index (χ0) is 17.8. The van der Waals surface area contributed by atoms with E-state index in [1.54, 1.807) is 13.8 Å². The monoisotopic (exact) mass is 380 g/mol. The van der Waals surface area contributed by atoms with Crippen LogP contribution < -0.4 is 10.5 Å². The van der Waals surface area contributed by atoms with E-state index in [-0.39, 0.29) is 20.6 Å². The van der Waals surface area contributed by atoms with Crippen LogP contribution in [0.2, 0.25) is 10.0 Å². The lowest BCUT2D eigenvalue weighted by Gasteiger charge is -2.11. The molecule has 3 N–H and O–H groups in total. The number of nitrogens with two attached hydrogens (primary N) is 1. The molecule has 0 saturated heterocycles. The number of anilines is 1. The number of benzene rings is 1. The molecule has 0 heterocycles. The highest BCUT2D eigenvalue weighted by Gasteiger charge is 2.17. The highest BCUT2D eigenvalue weighted by Crippen LogP contribution is 2.33. The van der Waals surface area contributed by atoms with Gasteiger partial charge in [0.25, 0.3) is 5.91 Å². The van der Waals surface area contributed by atoms with Gasteiger partial charge in [0.05, 0.1) is 20.6 Å². The highest BCUT2D eigenvalue weighted by atomic mass is 35.5. The van der Waals surface area contributed by atoms with E-state index in [9.17, 15) is 18.0 Å². The van der Waals surface area contributed by atoms with Gasteiger partial charge in [0.1, 0.15) is 0 Å². The largest absolute Gasteiger partial charge is 0.452 e. The van der Waals surface area contributed by atoms with Crippen LogP contribution in [0, 0.1) is 0 Å². The average molecular weight is 381 g/mol. The Morgan fingerprint density at radius 2 is 1.78 bits per heavy atom. The Labute approximate surface area is 143 Å². The molecule has 7 nitrogen and oxygen atoms in total. The number of amides is 1. The summed E-state index contributed by atoms with van der Waals surface area (Å²) >= 11 is 11.8. The summed E-state index contributed by atoms with van der Waals surface area (Å²) in [5.41, 5.74) is 0.712. The summed E-state index contributed by atoms with van der Waals surface area (Å²) in [6.45, 7) is 2.86. The highest BCUT2D eigenvalue weighted by molar-refractivity contribution is 7.89. The van der Waals surface area contributed by atoms with E-state index in [0.29, 0.717) is 0 Å². The molecule has 0 fully saturated rings. The molecular weight excluding hydrogens is 367 g/mol. The van der Waals surface area contributed by atoms with Crippen LogP contribution in [0.15, 0.2) is 28.7 Å². The molecule has 0 aliphatic carbocycles. The topological polar surface area (TPSA) is 116 Å². The Morgan fingerprint density at radius 1 is 1.26 bits per heavy atom. The number of carbonyl (C=O) groups is 2. The maximum Gasteiger partial charge on any atom is 0.331 e. The number of ether oxygens (including phenoxy) is 1. The number of allylic oxidation sites excluding steroid dienone is 1. The molecular formula is C13H14Cl2N2O5S. The number of hydrogen-bond donors (Lipinski definition) is 2. The van der Waals surface area contributed by atoms with E-state index in [4.69, 9.17) is 33.1 Å². The van der Waals surface area contributed by atoms with Crippen molar-refractivity contribution in [3.63, 3.8) is 0 Å². The molecule has 23 heavy (non-hydrogen) atoms. The first-order valence-electron chi connectivity index (χ1n) is 6.14. The van der Waals surface area contributed by atoms with Gasteiger partial charge in [-0.2, -0.15) is 0 Å². The van der Waals surface area contributed by atoms with Crippen LogP contribution in [-0.4, -0.2) is 26.9 Å². The molecule has 0 bridgehead atoms. The molecule has 0 atom stereocenters. The predicted octanol–water partition coefficient (Wildman–Crippen LogP) is 2.09. The molecule has 0 aliphatic heterocycles. The third-order valence-electron chi connectivity index (χ3n) is 2.36. The number of rotatable bonds is 5. The molecule has 1 aromatic rings. The maximum atomic E-state index is 11.7. The van der Waals surface area contributed by atoms with Crippen LogP contribution in [-0.2, 0) is 24.3 Å². The minimum Gasteiger partial charge on any atom is -0.452 e. The molecule has 0 aliphatic rings. The summed E-state index contributed by atoms with van der Waals surface area (Å²) in [5, 5.41) is 7.06. The number of nitrogens with one attached hydrogen (secondary N) is 1. The quantitative estimate of drug-likeness (QED) is 0.599. The number of esters is 1. The van der Waals surface area contributed by atoms with Crippen LogP contribution in [0.5, 0.6) is 0 Å². The SMILES string of the molecule is CC(C)=CC(=O)OCC(=O)Nc1c(Cl)cc(S(N)(=O)=O)cc1Cl. The van der Waals surface area contributed by atoms with Crippen molar-refractivity contribution in [1.29, 1.82) is 0 Å². The lowest BCUT2D eigenvalue weighted by atomic mass is 10.3. The number of halogens is 2. The Balaban J connectivity index is 2.84. The van der Waals surface area contributed by atoms with Crippen molar-refractivity contribution in [1.82, 2.24) is 0 Å². The number of hydrogen-bond acceptors (Lipinski definition) is 5. The first kappa shape index (κ1) is 19.4. The van der Waals surface area contributed by atoms with Crippen molar-refractivity contribution >= 4 is 50.8 Å². The molecule has 126 valence electrons. The zero-order valence-electron chi connectivity index (χ0n) is 12.2. The van der Waals surface area contributed by atoms with Crippen LogP contribution in [0.1, 0.15) is 13.8 Å². The molecule has 1 amide bonds. The van der Waals surface area contributed by atoms with E-state index in [2.05, 4.69) is 5.32 Å². The summed E-state index contributed by atoms with van der Waals surface area (Å²) in [6, 6.07) is 2.10. The summed E-state index contributed by atoms with van der Waals surface area (Å²) in [7, 11) is -3.98. The number of carbonyl (C=O) groups excluding carboxylic acids is 2. The van der Waals surface area contributed by atoms with Crippen LogP contribution in [0.25, 0.3) is 0 Å². The van der Waals surface area contributed by atoms with Gasteiger partial charge in [-0.1, -0.05) is 28.8 Å². The lowest BCUT2D eigenvalue weighted by molar-refractivity contribution is -0.142. The minimum absolute atomic E-state index is 0.0102. The second-order valence-corrected chi connectivity index (χ2v) is 7.06. The van der Waals surface area contributed by atoms with Crippen molar-refractivity contribution in [2.24, 2.45) is 5.14 Å². The third kappa shape index (κ3) is 6.19. The van der Waals surface area contributed by atoms with Gasteiger partial charge in [-0.3, -0.25) is 4.79 Å². The minimum atomic E-state index is -3.98. The summed E-state index contributed by atoms with van der Waals surface area (Å²) < 4.78 is 27.2. The van der Waals surface area contributed by atoms with Gasteiger partial charge < -0.3 is 10.1 Å². The lowest BCUT2D eigenvalue weighted by Crippen LogP contribution is -2.21. The van der Waals surface area contributed by atoms with Crippen LogP contribution in [0.4, 0.5) is 5.69 Å². The van der Waals surface area contributed by atoms with Gasteiger partial charge in [-0.15, -0.1) is 0 Å². The molecule has 10 heteroatoms. The second kappa shape index (κ2) is 7.78. The Bertz CT molecular complexity index is 748. The molecule has 0 spiro atoms. The van der Waals surface area contributed by atoms with Gasteiger partial charge in [0.2, 0.25) is 10.0 Å². The van der Waals surface area contributed by atoms with Gasteiger partial charge >= 0.3 is 5.97 Å². The second-order valence-electron chi connectivity index (χ2n) is 4.68. The number of sulfonamides is 1. The van der Waals surface area contributed by atoms with E-state index in [1.807, 2.05) is 0 Å². The first-order chi connectivity index (χ1) is 10.5. The van der Waals surface area contributed by atoms with Gasteiger partial charge in [0, 0.05) is 6.08 Å². The fourth-order valence-electron chi connectivity index (χ4n) is 1.42. The van der Waals surface area contributed by atoms with E-state index >= 15 is 0 Å². The maximum absolute atomic E-state index is 11.7. The Kier molecular flexibility index (Phi) is 6.57. The fraction of sp³-hybridized carbons (Fsp3) is 0.231. The van der Waals surface area contributed by atoms with Crippen molar-refractivity contribution in [2.75, 3.05) is 11.9 Å². The molecule has 1 aromatic carbocycles. The van der Waals surface area contributed by atoms with Crippen molar-refractivity contribution in [3.05, 3.63) is 33.8 Å². The molecule has 0 unspecified atom stereocenters. The van der Waals surface area contributed by atoms with Crippen molar-refractivity contribution < 1.29 is 22.7 Å². The molecule has 0 aromatic heterocycles. The standard InChI is InChI=1S/C13H14Cl2N2O5S/c1-7(2)3-12(19)22-6-11(18)17-13-9(14)4-8(5-10(13)15)23(16,20)21/h3-5H,6H2,1-2H3,(H,17,18)(H2,16,20,21). The first-order valence-corrected chi connectivity index (χ1v) is 8.44. The van der Waals surface area contributed by atoms with Crippen molar-refractivity contribution in [3.8, 4) is 0 Å². The van der Waals surface area contributed by atoms with Crippen LogP contribution >= 0.6 is 23.2 Å². The van der Waals surface area contributed by atoms with Gasteiger partial charge in [-0.05, 0) is 26.0 Å². The average Bonchev–Trinajstić information content (AvgIpc) is 2.38. The predicted molar refractivity (Wildman–Crippen MR) is 86.9 cm³/mol. The zero-order valence-corrected chi connectivity index (χ0v) is 14.6. The number of primary sulfonamides is 1. The molecule has 0 saturated carbocycles. The summed E-state index contributed by atoms with van der Waals surface area (Å²) in [5.74, 6) is -1.35. The molecule has 1 rings (SSSR count). The van der Waals surface area contributed by atoms with Gasteiger partial charge in [0.15, 0.2) is 6.61 Å². The third-order valence-corrected chi connectivity index (χ3v) is 3.85. The molecule has 0 radical (unpaired) electrons. The Hall–Kier alpha value is -1.61. The van der Waals surface area contributed by atoms with E-state index < -0.39 is 28.5 Å². The smallest absolute Gasteiger partial charge is 0.331 e. The van der Waals surface area contributed by atoms with E-state index in [1.165, 1.54) is 6.08 Å². The fourth-order valence-corrected chi connectivity index (χ4v) is 2.70. The van der Waals surface area contributed by atoms with Crippen molar-refractivity contribution in [2.45, 2.75) is 18.7 Å².